The van der Waals surface area contributed by atoms with E-state index in [0.29, 0.717) is 0 Å². The van der Waals surface area contributed by atoms with Gasteiger partial charge in [0.25, 0.3) is 0 Å². The number of amides is 2. The lowest BCUT2D eigenvalue weighted by Gasteiger charge is -2.35. The number of carboxylic acid groups (broad SMARTS) is 1. The Balaban J connectivity index is 1.79. The van der Waals surface area contributed by atoms with Crippen molar-refractivity contribution in [1.82, 2.24) is 10.2 Å². The van der Waals surface area contributed by atoms with Crippen molar-refractivity contribution >= 4 is 23.8 Å². The number of alkyl halides is 1. The topological polar surface area (TPSA) is 113 Å². The number of ether oxygens (including phenoxy) is 1. The van der Waals surface area contributed by atoms with Crippen LogP contribution >= 0.6 is 0 Å². The molecule has 9 heteroatoms. The van der Waals surface area contributed by atoms with Crippen LogP contribution in [-0.2, 0) is 38.7 Å². The molecule has 0 saturated heterocycles. The summed E-state index contributed by atoms with van der Waals surface area (Å²) in [5.41, 5.74) is 2.45. The maximum Gasteiger partial charge on any atom is 0.411 e. The molecule has 32 heavy (non-hydrogen) atoms. The van der Waals surface area contributed by atoms with Crippen LogP contribution in [0.2, 0.25) is 0 Å². The first-order chi connectivity index (χ1) is 15.4. The van der Waals surface area contributed by atoms with Crippen LogP contribution in [0.4, 0.5) is 9.18 Å². The Morgan fingerprint density at radius 2 is 1.72 bits per heavy atom. The molecule has 0 saturated carbocycles. The molecule has 8 nitrogen and oxygen atoms in total. The van der Waals surface area contributed by atoms with E-state index >= 15 is 0 Å². The van der Waals surface area contributed by atoms with E-state index in [9.17, 15) is 23.6 Å². The van der Waals surface area contributed by atoms with Gasteiger partial charge in [-0.25, -0.2) is 9.18 Å². The fraction of sp³-hybridized carbons (Fsp3) is 0.304. The molecular formula is C23H23FN2O6. The number of fused-ring (bicyclic) bond motifs is 1. The molecule has 0 radical (unpaired) electrons. The summed E-state index contributed by atoms with van der Waals surface area (Å²) in [6, 6.07) is 13.7. The molecule has 1 heterocycles. The number of ketones is 1. The fourth-order valence-electron chi connectivity index (χ4n) is 3.53. The normalized spacial score (nSPS) is 15.9. The third-order valence-corrected chi connectivity index (χ3v) is 5.21. The molecule has 0 spiro atoms. The van der Waals surface area contributed by atoms with Crippen LogP contribution in [0.5, 0.6) is 0 Å². The lowest BCUT2D eigenvalue weighted by Crippen LogP contribution is -2.56. The van der Waals surface area contributed by atoms with Gasteiger partial charge in [-0.3, -0.25) is 19.3 Å². The highest BCUT2D eigenvalue weighted by molar-refractivity contribution is 5.95. The Bertz CT molecular complexity index is 997. The molecule has 2 aromatic carbocycles. The standard InChI is InChI=1S/C23H23FN2O6/c24-12-20(27)18(11-21(28)29)25-22(30)19-10-16-8-4-5-9-17(16)13-26(19)23(31)32-14-15-6-2-1-3-7-15/h1-9,18-19H,10-14H2,(H,25,30)(H,28,29). The van der Waals surface area contributed by atoms with E-state index < -0.39 is 48.9 Å². The zero-order valence-corrected chi connectivity index (χ0v) is 17.2. The number of nitrogens with one attached hydrogen (secondary N) is 1. The third kappa shape index (κ3) is 5.69. The van der Waals surface area contributed by atoms with E-state index in [1.807, 2.05) is 24.3 Å². The molecule has 168 valence electrons. The molecule has 0 bridgehead atoms. The zero-order chi connectivity index (χ0) is 23.1. The number of benzene rings is 2. The van der Waals surface area contributed by atoms with Gasteiger partial charge in [0.15, 0.2) is 5.78 Å². The summed E-state index contributed by atoms with van der Waals surface area (Å²) in [6.45, 7) is -1.30. The first-order valence-corrected chi connectivity index (χ1v) is 10.0. The maximum atomic E-state index is 13.0. The second kappa shape index (κ2) is 10.5. The summed E-state index contributed by atoms with van der Waals surface area (Å²) in [7, 11) is 0. The molecule has 1 aliphatic heterocycles. The summed E-state index contributed by atoms with van der Waals surface area (Å²) < 4.78 is 18.3. The summed E-state index contributed by atoms with van der Waals surface area (Å²) in [5.74, 6) is -3.15. The van der Waals surface area contributed by atoms with Crippen molar-refractivity contribution in [1.29, 1.82) is 0 Å². The largest absolute Gasteiger partial charge is 0.481 e. The monoisotopic (exact) mass is 442 g/mol. The van der Waals surface area contributed by atoms with Gasteiger partial charge in [0, 0.05) is 6.42 Å². The van der Waals surface area contributed by atoms with Gasteiger partial charge in [0.05, 0.1) is 13.0 Å². The number of halogens is 1. The summed E-state index contributed by atoms with van der Waals surface area (Å²) >= 11 is 0. The maximum absolute atomic E-state index is 13.0. The van der Waals surface area contributed by atoms with Crippen LogP contribution in [0.3, 0.4) is 0 Å². The number of hydrogen-bond donors (Lipinski definition) is 2. The van der Waals surface area contributed by atoms with Gasteiger partial charge in [0.2, 0.25) is 5.91 Å². The number of hydrogen-bond acceptors (Lipinski definition) is 5. The second-order valence-corrected chi connectivity index (χ2v) is 7.42. The minimum atomic E-state index is -1.52. The molecule has 0 aromatic heterocycles. The molecular weight excluding hydrogens is 419 g/mol. The van der Waals surface area contributed by atoms with Crippen LogP contribution in [0.15, 0.2) is 54.6 Å². The molecule has 3 rings (SSSR count). The van der Waals surface area contributed by atoms with Gasteiger partial charge in [0.1, 0.15) is 25.4 Å². The smallest absolute Gasteiger partial charge is 0.411 e. The van der Waals surface area contributed by atoms with E-state index in [2.05, 4.69) is 5.32 Å². The van der Waals surface area contributed by atoms with Crippen molar-refractivity contribution in [3.8, 4) is 0 Å². The molecule has 1 aliphatic rings. The molecule has 2 amide bonds. The van der Waals surface area contributed by atoms with Crippen LogP contribution in [0.25, 0.3) is 0 Å². The predicted molar refractivity (Wildman–Crippen MR) is 111 cm³/mol. The van der Waals surface area contributed by atoms with E-state index in [1.165, 1.54) is 4.90 Å². The Hall–Kier alpha value is -3.75. The lowest BCUT2D eigenvalue weighted by molar-refractivity contribution is -0.140. The number of carbonyl (C=O) groups is 4. The van der Waals surface area contributed by atoms with Crippen LogP contribution in [0.1, 0.15) is 23.1 Å². The van der Waals surface area contributed by atoms with Gasteiger partial charge in [-0.2, -0.15) is 0 Å². The SMILES string of the molecule is O=C(O)CC(NC(=O)C1Cc2ccccc2CN1C(=O)OCc1ccccc1)C(=O)CF. The molecule has 2 N–H and O–H groups in total. The van der Waals surface area contributed by atoms with Gasteiger partial charge in [-0.1, -0.05) is 54.6 Å². The van der Waals surface area contributed by atoms with E-state index in [0.717, 1.165) is 16.7 Å². The Labute approximate surface area is 184 Å². The van der Waals surface area contributed by atoms with Gasteiger partial charge in [-0.15, -0.1) is 0 Å². The number of Topliss-reactive ketones (excluding diaryl/α,β-unsaturated/α-hetero) is 1. The molecule has 2 aromatic rings. The number of carboxylic acids is 1. The molecule has 2 atom stereocenters. The molecule has 2 unspecified atom stereocenters. The second-order valence-electron chi connectivity index (χ2n) is 7.42. The highest BCUT2D eigenvalue weighted by Gasteiger charge is 2.37. The first-order valence-electron chi connectivity index (χ1n) is 10.0. The van der Waals surface area contributed by atoms with Crippen molar-refractivity contribution in [2.45, 2.75) is 38.1 Å². The van der Waals surface area contributed by atoms with Crippen molar-refractivity contribution < 1.29 is 33.4 Å². The van der Waals surface area contributed by atoms with Crippen molar-refractivity contribution in [3.05, 3.63) is 71.3 Å². The molecule has 0 aliphatic carbocycles. The van der Waals surface area contributed by atoms with Crippen molar-refractivity contribution in [2.75, 3.05) is 6.67 Å². The Morgan fingerprint density at radius 3 is 2.38 bits per heavy atom. The number of rotatable bonds is 8. The van der Waals surface area contributed by atoms with Crippen LogP contribution in [-0.4, -0.2) is 52.5 Å². The average molecular weight is 442 g/mol. The quantitative estimate of drug-likeness (QED) is 0.648. The highest BCUT2D eigenvalue weighted by atomic mass is 19.1. The van der Waals surface area contributed by atoms with Gasteiger partial charge >= 0.3 is 12.1 Å². The van der Waals surface area contributed by atoms with Crippen LogP contribution in [0, 0.1) is 0 Å². The number of nitrogens with zero attached hydrogens (tertiary/aromatic N) is 1. The Kier molecular flexibility index (Phi) is 7.54. The molecule has 0 fully saturated rings. The minimum Gasteiger partial charge on any atom is -0.481 e. The van der Waals surface area contributed by atoms with E-state index in [4.69, 9.17) is 9.84 Å². The number of carbonyl (C=O) groups excluding carboxylic acids is 3. The minimum absolute atomic E-state index is 0.00807. The van der Waals surface area contributed by atoms with Gasteiger partial charge < -0.3 is 15.2 Å². The zero-order valence-electron chi connectivity index (χ0n) is 17.2. The fourth-order valence-corrected chi connectivity index (χ4v) is 3.53. The highest BCUT2D eigenvalue weighted by Crippen LogP contribution is 2.24. The van der Waals surface area contributed by atoms with Crippen molar-refractivity contribution in [3.63, 3.8) is 0 Å². The van der Waals surface area contributed by atoms with Crippen molar-refractivity contribution in [2.24, 2.45) is 0 Å². The average Bonchev–Trinajstić information content (AvgIpc) is 2.81. The summed E-state index contributed by atoms with van der Waals surface area (Å²) in [5, 5.41) is 11.3. The van der Waals surface area contributed by atoms with Gasteiger partial charge in [-0.05, 0) is 16.7 Å². The summed E-state index contributed by atoms with van der Waals surface area (Å²) in [4.78, 5) is 49.9. The number of aliphatic carboxylic acids is 1. The third-order valence-electron chi connectivity index (χ3n) is 5.21. The van der Waals surface area contributed by atoms with E-state index in [1.54, 1.807) is 30.3 Å². The summed E-state index contributed by atoms with van der Waals surface area (Å²) in [6.07, 6.45) is -1.34. The van der Waals surface area contributed by atoms with Crippen LogP contribution < -0.4 is 5.32 Å². The predicted octanol–water partition coefficient (Wildman–Crippen LogP) is 2.25. The lowest BCUT2D eigenvalue weighted by atomic mass is 9.93. The Morgan fingerprint density at radius 1 is 1.06 bits per heavy atom. The van der Waals surface area contributed by atoms with E-state index in [-0.39, 0.29) is 19.6 Å². The first kappa shape index (κ1) is 22.9.